The number of rotatable bonds is 4. The van der Waals surface area contributed by atoms with Crippen LogP contribution in [0, 0.1) is 5.92 Å². The lowest BCUT2D eigenvalue weighted by molar-refractivity contribution is 0.178. The van der Waals surface area contributed by atoms with Gasteiger partial charge in [-0.15, -0.1) is 5.10 Å². The summed E-state index contributed by atoms with van der Waals surface area (Å²) < 4.78 is 8.21. The molecular formula is C22H24N6O3. The van der Waals surface area contributed by atoms with Crippen molar-refractivity contribution in [1.29, 1.82) is 0 Å². The Hall–Kier alpha value is -3.33. The van der Waals surface area contributed by atoms with Gasteiger partial charge in [0.05, 0.1) is 21.8 Å². The SMILES string of the molecule is COCc1nc(-n2ccc3nc4ccn(C5CCCCC5C)c(=O)c4cc3c2=O)n[nH]1. The summed E-state index contributed by atoms with van der Waals surface area (Å²) in [6.45, 7) is 2.47. The number of aromatic nitrogens is 6. The second-order valence-electron chi connectivity index (χ2n) is 8.22. The maximum atomic E-state index is 13.3. The molecule has 31 heavy (non-hydrogen) atoms. The summed E-state index contributed by atoms with van der Waals surface area (Å²) in [5.74, 6) is 1.19. The van der Waals surface area contributed by atoms with Crippen LogP contribution < -0.4 is 11.1 Å². The Kier molecular flexibility index (Phi) is 4.90. The number of nitrogens with one attached hydrogen (secondary N) is 1. The summed E-state index contributed by atoms with van der Waals surface area (Å²) in [7, 11) is 1.56. The van der Waals surface area contributed by atoms with Crippen LogP contribution in [-0.2, 0) is 11.3 Å². The third-order valence-corrected chi connectivity index (χ3v) is 6.21. The van der Waals surface area contributed by atoms with Crippen LogP contribution in [0.25, 0.3) is 27.8 Å². The van der Waals surface area contributed by atoms with E-state index in [4.69, 9.17) is 4.74 Å². The molecule has 1 saturated carbocycles. The second kappa shape index (κ2) is 7.73. The summed E-state index contributed by atoms with van der Waals surface area (Å²) in [4.78, 5) is 35.4. The molecule has 160 valence electrons. The molecule has 0 aromatic carbocycles. The van der Waals surface area contributed by atoms with Crippen molar-refractivity contribution in [2.24, 2.45) is 5.92 Å². The Morgan fingerprint density at radius 2 is 1.81 bits per heavy atom. The lowest BCUT2D eigenvalue weighted by atomic mass is 9.85. The van der Waals surface area contributed by atoms with Gasteiger partial charge in [-0.2, -0.15) is 4.98 Å². The first kappa shape index (κ1) is 19.6. The van der Waals surface area contributed by atoms with E-state index in [-0.39, 0.29) is 29.7 Å². The molecule has 1 N–H and O–H groups in total. The van der Waals surface area contributed by atoms with Gasteiger partial charge in [0.15, 0.2) is 5.82 Å². The van der Waals surface area contributed by atoms with E-state index < -0.39 is 0 Å². The van der Waals surface area contributed by atoms with Crippen LogP contribution in [0.2, 0.25) is 0 Å². The second-order valence-corrected chi connectivity index (χ2v) is 8.22. The van der Waals surface area contributed by atoms with E-state index in [1.54, 1.807) is 25.4 Å². The molecule has 0 saturated heterocycles. The van der Waals surface area contributed by atoms with E-state index in [9.17, 15) is 9.59 Å². The van der Waals surface area contributed by atoms with Crippen molar-refractivity contribution in [3.63, 3.8) is 0 Å². The number of H-pyrrole nitrogens is 1. The number of hydrogen-bond acceptors (Lipinski definition) is 6. The molecule has 1 fully saturated rings. The molecule has 0 radical (unpaired) electrons. The van der Waals surface area contributed by atoms with E-state index in [2.05, 4.69) is 27.1 Å². The fourth-order valence-electron chi connectivity index (χ4n) is 4.56. The number of hydrogen-bond donors (Lipinski definition) is 1. The van der Waals surface area contributed by atoms with Crippen molar-refractivity contribution < 1.29 is 4.74 Å². The maximum Gasteiger partial charge on any atom is 0.267 e. The Bertz CT molecular complexity index is 1390. The highest BCUT2D eigenvalue weighted by Crippen LogP contribution is 2.32. The zero-order valence-electron chi connectivity index (χ0n) is 17.5. The van der Waals surface area contributed by atoms with E-state index >= 15 is 0 Å². The van der Waals surface area contributed by atoms with E-state index in [1.807, 2.05) is 16.8 Å². The average molecular weight is 420 g/mol. The number of methoxy groups -OCH3 is 1. The zero-order valence-corrected chi connectivity index (χ0v) is 17.5. The van der Waals surface area contributed by atoms with Crippen molar-refractivity contribution >= 4 is 21.8 Å². The molecule has 0 bridgehead atoms. The molecular weight excluding hydrogens is 396 g/mol. The largest absolute Gasteiger partial charge is 0.377 e. The van der Waals surface area contributed by atoms with Gasteiger partial charge in [0.25, 0.3) is 17.1 Å². The predicted molar refractivity (Wildman–Crippen MR) is 116 cm³/mol. The van der Waals surface area contributed by atoms with E-state index in [0.29, 0.717) is 33.5 Å². The predicted octanol–water partition coefficient (Wildman–Crippen LogP) is 2.72. The molecule has 2 unspecified atom stereocenters. The lowest BCUT2D eigenvalue weighted by Gasteiger charge is -2.30. The highest BCUT2D eigenvalue weighted by Gasteiger charge is 2.24. The summed E-state index contributed by atoms with van der Waals surface area (Å²) in [5, 5.41) is 7.67. The molecule has 4 aromatic heterocycles. The van der Waals surface area contributed by atoms with Gasteiger partial charge in [0, 0.05) is 25.5 Å². The van der Waals surface area contributed by atoms with Gasteiger partial charge in [-0.3, -0.25) is 14.7 Å². The number of ether oxygens (including phenoxy) is 1. The Balaban J connectivity index is 1.66. The van der Waals surface area contributed by atoms with Gasteiger partial charge in [-0.25, -0.2) is 9.55 Å². The Labute approximate surface area is 177 Å². The quantitative estimate of drug-likeness (QED) is 0.509. The van der Waals surface area contributed by atoms with Crippen LogP contribution in [0.5, 0.6) is 0 Å². The van der Waals surface area contributed by atoms with Crippen LogP contribution in [0.1, 0.15) is 44.5 Å². The smallest absolute Gasteiger partial charge is 0.267 e. The van der Waals surface area contributed by atoms with Crippen LogP contribution in [0.3, 0.4) is 0 Å². The highest BCUT2D eigenvalue weighted by atomic mass is 16.5. The Morgan fingerprint density at radius 1 is 1.06 bits per heavy atom. The van der Waals surface area contributed by atoms with Crippen molar-refractivity contribution in [3.8, 4) is 5.95 Å². The topological polar surface area (TPSA) is 108 Å². The molecule has 1 aliphatic rings. The fraction of sp³-hybridized carbons (Fsp3) is 0.409. The summed E-state index contributed by atoms with van der Waals surface area (Å²) in [5.41, 5.74) is 0.704. The summed E-state index contributed by atoms with van der Waals surface area (Å²) >= 11 is 0. The van der Waals surface area contributed by atoms with Gasteiger partial charge in [0.2, 0.25) is 0 Å². The van der Waals surface area contributed by atoms with Gasteiger partial charge >= 0.3 is 0 Å². The van der Waals surface area contributed by atoms with Gasteiger partial charge < -0.3 is 9.30 Å². The first-order valence-corrected chi connectivity index (χ1v) is 10.5. The molecule has 1 aliphatic carbocycles. The normalized spacial score (nSPS) is 19.3. The summed E-state index contributed by atoms with van der Waals surface area (Å²) in [6, 6.07) is 5.44. The van der Waals surface area contributed by atoms with Gasteiger partial charge in [-0.05, 0) is 37.0 Å². The van der Waals surface area contributed by atoms with E-state index in [1.165, 1.54) is 11.0 Å². The summed E-state index contributed by atoms with van der Waals surface area (Å²) in [6.07, 6.45) is 7.89. The fourth-order valence-corrected chi connectivity index (χ4v) is 4.56. The number of fused-ring (bicyclic) bond motifs is 2. The zero-order chi connectivity index (χ0) is 21.5. The first-order chi connectivity index (χ1) is 15.1. The molecule has 5 rings (SSSR count). The van der Waals surface area contributed by atoms with Crippen molar-refractivity contribution in [1.82, 2.24) is 29.3 Å². The standard InChI is InChI=1S/C22H24N6O3/c1-13-5-3-4-6-18(13)27-9-7-16-14(20(27)29)11-15-17(23-16)8-10-28(21(15)30)22-24-19(12-31-2)25-26-22/h7-11,13,18H,3-6,12H2,1-2H3,(H,24,25,26). The van der Waals surface area contributed by atoms with E-state index in [0.717, 1.165) is 19.3 Å². The molecule has 4 aromatic rings. The minimum absolute atomic E-state index is 0.0965. The maximum absolute atomic E-state index is 13.3. The molecule has 2 atom stereocenters. The third-order valence-electron chi connectivity index (χ3n) is 6.21. The van der Waals surface area contributed by atoms with Gasteiger partial charge in [-0.1, -0.05) is 19.8 Å². The Morgan fingerprint density at radius 3 is 2.58 bits per heavy atom. The number of pyridine rings is 3. The van der Waals surface area contributed by atoms with Crippen LogP contribution in [-0.4, -0.2) is 36.4 Å². The minimum Gasteiger partial charge on any atom is -0.377 e. The third kappa shape index (κ3) is 3.34. The molecule has 0 aliphatic heterocycles. The van der Waals surface area contributed by atoms with Crippen molar-refractivity contribution in [2.75, 3.05) is 7.11 Å². The monoisotopic (exact) mass is 420 g/mol. The highest BCUT2D eigenvalue weighted by molar-refractivity contribution is 5.91. The average Bonchev–Trinajstić information content (AvgIpc) is 3.23. The molecule has 9 nitrogen and oxygen atoms in total. The number of aromatic amines is 1. The van der Waals surface area contributed by atoms with Crippen LogP contribution >= 0.6 is 0 Å². The number of nitrogens with zero attached hydrogens (tertiary/aromatic N) is 5. The van der Waals surface area contributed by atoms with Crippen molar-refractivity contribution in [2.45, 2.75) is 45.3 Å². The van der Waals surface area contributed by atoms with Crippen LogP contribution in [0.15, 0.2) is 40.2 Å². The molecule has 9 heteroatoms. The first-order valence-electron chi connectivity index (χ1n) is 10.5. The molecule has 0 spiro atoms. The van der Waals surface area contributed by atoms with Crippen molar-refractivity contribution in [3.05, 3.63) is 57.1 Å². The molecule has 0 amide bonds. The van der Waals surface area contributed by atoms with Crippen LogP contribution in [0.4, 0.5) is 0 Å². The van der Waals surface area contributed by atoms with Gasteiger partial charge in [0.1, 0.15) is 6.61 Å². The molecule has 4 heterocycles. The lowest BCUT2D eigenvalue weighted by Crippen LogP contribution is -2.30. The minimum atomic E-state index is -0.323.